The number of nitrogens with zero attached hydrogens (tertiary/aromatic N) is 1. The van der Waals surface area contributed by atoms with Crippen molar-refractivity contribution >= 4 is 23.2 Å². The smallest absolute Gasteiger partial charge is 0.227 e. The van der Waals surface area contributed by atoms with Crippen LogP contribution in [0.2, 0.25) is 5.02 Å². The first kappa shape index (κ1) is 13.4. The van der Waals surface area contributed by atoms with E-state index < -0.39 is 0 Å². The van der Waals surface area contributed by atoms with Gasteiger partial charge in [0.15, 0.2) is 0 Å². The van der Waals surface area contributed by atoms with Crippen LogP contribution in [0.1, 0.15) is 25.8 Å². The second-order valence-electron chi connectivity index (χ2n) is 5.45. The van der Waals surface area contributed by atoms with Crippen LogP contribution in [0.25, 0.3) is 0 Å². The summed E-state index contributed by atoms with van der Waals surface area (Å²) in [5.74, 6) is 0.306. The SMILES string of the molecule is Cc1ccc(N2C(=O)CC(CN)C2(C)C)cc1Cl. The molecule has 3 nitrogen and oxygen atoms in total. The zero-order valence-corrected chi connectivity index (χ0v) is 11.8. The van der Waals surface area contributed by atoms with Gasteiger partial charge >= 0.3 is 0 Å². The molecule has 1 fully saturated rings. The fraction of sp³-hybridized carbons (Fsp3) is 0.500. The molecule has 4 heteroatoms. The highest BCUT2D eigenvalue weighted by Gasteiger charge is 2.46. The summed E-state index contributed by atoms with van der Waals surface area (Å²) in [7, 11) is 0. The van der Waals surface area contributed by atoms with Crippen molar-refractivity contribution in [3.05, 3.63) is 28.8 Å². The summed E-state index contributed by atoms with van der Waals surface area (Å²) in [6.07, 6.45) is 0.509. The van der Waals surface area contributed by atoms with Crippen LogP contribution in [0.15, 0.2) is 18.2 Å². The zero-order valence-electron chi connectivity index (χ0n) is 11.0. The molecule has 1 amide bonds. The monoisotopic (exact) mass is 266 g/mol. The lowest BCUT2D eigenvalue weighted by atomic mass is 9.88. The van der Waals surface area contributed by atoms with Crippen LogP contribution in [0.3, 0.4) is 0 Å². The van der Waals surface area contributed by atoms with E-state index in [4.69, 9.17) is 17.3 Å². The molecule has 1 aliphatic heterocycles. The molecule has 0 aliphatic carbocycles. The average molecular weight is 267 g/mol. The third-order valence-corrected chi connectivity index (χ3v) is 4.35. The Balaban J connectivity index is 2.43. The van der Waals surface area contributed by atoms with Gasteiger partial charge in [-0.2, -0.15) is 0 Å². The zero-order chi connectivity index (χ0) is 13.5. The van der Waals surface area contributed by atoms with Crippen LogP contribution in [0.5, 0.6) is 0 Å². The Hall–Kier alpha value is -1.06. The predicted molar refractivity (Wildman–Crippen MR) is 74.9 cm³/mol. The van der Waals surface area contributed by atoms with E-state index in [1.165, 1.54) is 0 Å². The second-order valence-corrected chi connectivity index (χ2v) is 5.86. The first-order chi connectivity index (χ1) is 8.37. The average Bonchev–Trinajstić information content (AvgIpc) is 2.52. The maximum atomic E-state index is 12.2. The van der Waals surface area contributed by atoms with Crippen molar-refractivity contribution in [1.82, 2.24) is 0 Å². The Morgan fingerprint density at radius 2 is 2.17 bits per heavy atom. The van der Waals surface area contributed by atoms with Gasteiger partial charge in [-0.3, -0.25) is 4.79 Å². The van der Waals surface area contributed by atoms with Crippen LogP contribution in [0.4, 0.5) is 5.69 Å². The van der Waals surface area contributed by atoms with Crippen molar-refractivity contribution in [2.75, 3.05) is 11.4 Å². The van der Waals surface area contributed by atoms with Gasteiger partial charge in [0, 0.05) is 28.6 Å². The summed E-state index contributed by atoms with van der Waals surface area (Å²) in [5.41, 5.74) is 7.37. The van der Waals surface area contributed by atoms with Gasteiger partial charge in [-0.25, -0.2) is 0 Å². The summed E-state index contributed by atoms with van der Waals surface area (Å²) in [5, 5.41) is 0.687. The van der Waals surface area contributed by atoms with Crippen LogP contribution >= 0.6 is 11.6 Å². The molecule has 2 rings (SSSR count). The third-order valence-electron chi connectivity index (χ3n) is 3.94. The lowest BCUT2D eigenvalue weighted by molar-refractivity contribution is -0.117. The van der Waals surface area contributed by atoms with Gasteiger partial charge in [0.25, 0.3) is 0 Å². The highest BCUT2D eigenvalue weighted by atomic mass is 35.5. The highest BCUT2D eigenvalue weighted by Crippen LogP contribution is 2.39. The summed E-state index contributed by atoms with van der Waals surface area (Å²) < 4.78 is 0. The van der Waals surface area contributed by atoms with E-state index >= 15 is 0 Å². The van der Waals surface area contributed by atoms with E-state index in [2.05, 4.69) is 13.8 Å². The first-order valence-electron chi connectivity index (χ1n) is 6.17. The number of hydrogen-bond acceptors (Lipinski definition) is 2. The molecule has 1 aromatic carbocycles. The number of nitrogens with two attached hydrogens (primary N) is 1. The van der Waals surface area contributed by atoms with E-state index in [-0.39, 0.29) is 17.4 Å². The lowest BCUT2D eigenvalue weighted by Gasteiger charge is -2.35. The Bertz CT molecular complexity index is 485. The molecule has 1 aromatic rings. The molecular weight excluding hydrogens is 248 g/mol. The van der Waals surface area contributed by atoms with E-state index in [1.54, 1.807) is 0 Å². The molecule has 18 heavy (non-hydrogen) atoms. The summed E-state index contributed by atoms with van der Waals surface area (Å²) in [6.45, 7) is 6.59. The number of carbonyl (C=O) groups excluding carboxylic acids is 1. The minimum absolute atomic E-state index is 0.121. The third kappa shape index (κ3) is 2.02. The molecule has 0 spiro atoms. The number of amides is 1. The Labute approximate surface area is 113 Å². The standard InChI is InChI=1S/C14H19ClN2O/c1-9-4-5-11(7-12(9)15)17-13(18)6-10(8-16)14(17,2)3/h4-5,7,10H,6,8,16H2,1-3H3. The van der Waals surface area contributed by atoms with Crippen LogP contribution in [-0.4, -0.2) is 18.0 Å². The fourth-order valence-corrected chi connectivity index (χ4v) is 2.80. The quantitative estimate of drug-likeness (QED) is 0.895. The van der Waals surface area contributed by atoms with E-state index in [9.17, 15) is 4.79 Å². The molecule has 1 unspecified atom stereocenters. The number of carbonyl (C=O) groups is 1. The maximum absolute atomic E-state index is 12.2. The highest BCUT2D eigenvalue weighted by molar-refractivity contribution is 6.31. The second kappa shape index (κ2) is 4.56. The summed E-state index contributed by atoms with van der Waals surface area (Å²) in [4.78, 5) is 14.0. The molecule has 1 heterocycles. The van der Waals surface area contributed by atoms with Gasteiger partial charge in [0.1, 0.15) is 0 Å². The predicted octanol–water partition coefficient (Wildman–Crippen LogP) is 2.74. The van der Waals surface area contributed by atoms with Crippen LogP contribution in [-0.2, 0) is 4.79 Å². The molecule has 0 bridgehead atoms. The van der Waals surface area contributed by atoms with Crippen molar-refractivity contribution in [2.45, 2.75) is 32.7 Å². The molecule has 2 N–H and O–H groups in total. The van der Waals surface area contributed by atoms with Crippen molar-refractivity contribution < 1.29 is 4.79 Å². The number of anilines is 1. The van der Waals surface area contributed by atoms with Crippen LogP contribution in [0, 0.1) is 12.8 Å². The number of hydrogen-bond donors (Lipinski definition) is 1. The molecule has 0 aromatic heterocycles. The van der Waals surface area contributed by atoms with Crippen LogP contribution < -0.4 is 10.6 Å². The van der Waals surface area contributed by atoms with E-state index in [0.717, 1.165) is 11.3 Å². The minimum atomic E-state index is -0.260. The molecule has 1 aliphatic rings. The van der Waals surface area contributed by atoms with Crippen molar-refractivity contribution in [1.29, 1.82) is 0 Å². The number of benzene rings is 1. The maximum Gasteiger partial charge on any atom is 0.227 e. The van der Waals surface area contributed by atoms with Gasteiger partial charge in [-0.15, -0.1) is 0 Å². The normalized spacial score (nSPS) is 22.6. The van der Waals surface area contributed by atoms with Crippen molar-refractivity contribution in [3.63, 3.8) is 0 Å². The van der Waals surface area contributed by atoms with Gasteiger partial charge in [0.05, 0.1) is 0 Å². The van der Waals surface area contributed by atoms with Gasteiger partial charge in [0.2, 0.25) is 5.91 Å². The molecule has 0 saturated carbocycles. The van der Waals surface area contributed by atoms with Gasteiger partial charge in [-0.1, -0.05) is 17.7 Å². The summed E-state index contributed by atoms with van der Waals surface area (Å²) >= 11 is 6.14. The topological polar surface area (TPSA) is 46.3 Å². The summed E-state index contributed by atoms with van der Waals surface area (Å²) in [6, 6.07) is 5.74. The molecule has 0 radical (unpaired) electrons. The van der Waals surface area contributed by atoms with Gasteiger partial charge < -0.3 is 10.6 Å². The van der Waals surface area contributed by atoms with E-state index in [0.29, 0.717) is 18.0 Å². The Kier molecular flexibility index (Phi) is 3.39. The number of aryl methyl sites for hydroxylation is 1. The first-order valence-corrected chi connectivity index (χ1v) is 6.55. The molecule has 1 atom stereocenters. The van der Waals surface area contributed by atoms with Crippen molar-refractivity contribution in [2.24, 2.45) is 11.7 Å². The van der Waals surface area contributed by atoms with Crippen molar-refractivity contribution in [3.8, 4) is 0 Å². The molecule has 1 saturated heterocycles. The fourth-order valence-electron chi connectivity index (χ4n) is 2.63. The number of halogens is 1. The molecule has 98 valence electrons. The largest absolute Gasteiger partial charge is 0.330 e. The number of rotatable bonds is 2. The van der Waals surface area contributed by atoms with Gasteiger partial charge in [-0.05, 0) is 45.0 Å². The Morgan fingerprint density at radius 1 is 1.50 bits per heavy atom. The van der Waals surface area contributed by atoms with E-state index in [1.807, 2.05) is 30.0 Å². The molecular formula is C14H19ClN2O. The Morgan fingerprint density at radius 3 is 2.67 bits per heavy atom. The minimum Gasteiger partial charge on any atom is -0.330 e. The lowest BCUT2D eigenvalue weighted by Crippen LogP contribution is -2.46.